The molecule has 2 atom stereocenters. The third-order valence-corrected chi connectivity index (χ3v) is 6.17. The van der Waals surface area contributed by atoms with Crippen molar-refractivity contribution < 1.29 is 17.6 Å². The molecule has 6 nitrogen and oxygen atoms in total. The highest BCUT2D eigenvalue weighted by Crippen LogP contribution is 2.30. The molecule has 0 spiro atoms. The lowest BCUT2D eigenvalue weighted by molar-refractivity contribution is -0.134. The van der Waals surface area contributed by atoms with Crippen LogP contribution in [0.15, 0.2) is 36.7 Å². The van der Waals surface area contributed by atoms with Crippen molar-refractivity contribution in [2.75, 3.05) is 18.1 Å². The van der Waals surface area contributed by atoms with E-state index in [2.05, 4.69) is 5.10 Å². The lowest BCUT2D eigenvalue weighted by Crippen LogP contribution is -2.47. The van der Waals surface area contributed by atoms with Crippen molar-refractivity contribution in [2.24, 2.45) is 7.05 Å². The van der Waals surface area contributed by atoms with Crippen LogP contribution in [-0.4, -0.2) is 47.1 Å². The maximum Gasteiger partial charge on any atom is 0.230 e. The number of sulfone groups is 1. The van der Waals surface area contributed by atoms with Gasteiger partial charge in [0.25, 0.3) is 0 Å². The van der Waals surface area contributed by atoms with E-state index in [0.29, 0.717) is 11.1 Å². The van der Waals surface area contributed by atoms with Crippen molar-refractivity contribution >= 4 is 15.7 Å². The number of nitrogens with zero attached hydrogens (tertiary/aromatic N) is 3. The van der Waals surface area contributed by atoms with Crippen LogP contribution < -0.4 is 0 Å². The first-order valence-corrected chi connectivity index (χ1v) is 9.84. The maximum atomic E-state index is 13.5. The first-order chi connectivity index (χ1) is 11.8. The third kappa shape index (κ3) is 3.73. The van der Waals surface area contributed by atoms with E-state index in [9.17, 15) is 17.6 Å². The van der Waals surface area contributed by atoms with Gasteiger partial charge >= 0.3 is 0 Å². The zero-order chi connectivity index (χ0) is 18.2. The molecule has 1 aromatic heterocycles. The summed E-state index contributed by atoms with van der Waals surface area (Å²) in [5.41, 5.74) is 1.26. The summed E-state index contributed by atoms with van der Waals surface area (Å²) in [7, 11) is -1.49. The second-order valence-corrected chi connectivity index (χ2v) is 8.61. The Morgan fingerprint density at radius 2 is 2.16 bits per heavy atom. The van der Waals surface area contributed by atoms with Crippen molar-refractivity contribution in [1.82, 2.24) is 14.7 Å². The maximum absolute atomic E-state index is 13.5. The molecule has 0 N–H and O–H groups in total. The van der Waals surface area contributed by atoms with Gasteiger partial charge in [-0.2, -0.15) is 5.10 Å². The Morgan fingerprint density at radius 3 is 2.80 bits per heavy atom. The van der Waals surface area contributed by atoms with Gasteiger partial charge in [0.1, 0.15) is 5.82 Å². The zero-order valence-electron chi connectivity index (χ0n) is 14.1. The minimum absolute atomic E-state index is 0.0641. The minimum Gasteiger partial charge on any atom is -0.333 e. The van der Waals surface area contributed by atoms with E-state index < -0.39 is 27.6 Å². The number of amides is 1. The average molecular weight is 365 g/mol. The fourth-order valence-corrected chi connectivity index (χ4v) is 4.62. The molecule has 1 fully saturated rings. The van der Waals surface area contributed by atoms with E-state index in [0.717, 1.165) is 0 Å². The summed E-state index contributed by atoms with van der Waals surface area (Å²) < 4.78 is 39.2. The van der Waals surface area contributed by atoms with Gasteiger partial charge in [0.15, 0.2) is 9.84 Å². The molecule has 1 amide bonds. The Kier molecular flexibility index (Phi) is 4.64. The lowest BCUT2D eigenvalue weighted by atomic mass is 9.98. The van der Waals surface area contributed by atoms with Crippen molar-refractivity contribution in [3.63, 3.8) is 0 Å². The van der Waals surface area contributed by atoms with Crippen molar-refractivity contribution in [3.05, 3.63) is 53.6 Å². The molecule has 1 saturated heterocycles. The van der Waals surface area contributed by atoms with Gasteiger partial charge in [0, 0.05) is 25.4 Å². The van der Waals surface area contributed by atoms with Gasteiger partial charge in [0.2, 0.25) is 5.91 Å². The monoisotopic (exact) mass is 365 g/mol. The number of halogens is 1. The SMILES string of the molecule is C[C@H](C(=O)N1CCS(=O)(=O)C[C@H]1c1cnn(C)c1)c1cccc(F)c1. The normalized spacial score (nSPS) is 21.1. The smallest absolute Gasteiger partial charge is 0.230 e. The van der Waals surface area contributed by atoms with Gasteiger partial charge in [-0.25, -0.2) is 12.8 Å². The first-order valence-electron chi connectivity index (χ1n) is 8.02. The number of rotatable bonds is 3. The van der Waals surface area contributed by atoms with E-state index >= 15 is 0 Å². The summed E-state index contributed by atoms with van der Waals surface area (Å²) >= 11 is 0. The summed E-state index contributed by atoms with van der Waals surface area (Å²) in [5, 5.41) is 4.08. The van der Waals surface area contributed by atoms with Gasteiger partial charge in [-0.1, -0.05) is 12.1 Å². The Morgan fingerprint density at radius 1 is 1.40 bits per heavy atom. The molecule has 8 heteroatoms. The molecule has 134 valence electrons. The average Bonchev–Trinajstić information content (AvgIpc) is 2.99. The first kappa shape index (κ1) is 17.6. The van der Waals surface area contributed by atoms with E-state index in [-0.39, 0.29) is 24.0 Å². The van der Waals surface area contributed by atoms with Crippen LogP contribution in [0.2, 0.25) is 0 Å². The molecule has 0 saturated carbocycles. The fraction of sp³-hybridized carbons (Fsp3) is 0.412. The summed E-state index contributed by atoms with van der Waals surface area (Å²) in [6.07, 6.45) is 3.30. The number of hydrogen-bond acceptors (Lipinski definition) is 4. The minimum atomic E-state index is -3.23. The molecule has 25 heavy (non-hydrogen) atoms. The van der Waals surface area contributed by atoms with Crippen molar-refractivity contribution in [2.45, 2.75) is 18.9 Å². The summed E-state index contributed by atoms with van der Waals surface area (Å²) in [6.45, 7) is 1.83. The van der Waals surface area contributed by atoms with E-state index in [1.807, 2.05) is 0 Å². The lowest BCUT2D eigenvalue weighted by Gasteiger charge is -2.36. The number of carbonyl (C=O) groups excluding carboxylic acids is 1. The Hall–Kier alpha value is -2.22. The second kappa shape index (κ2) is 6.59. The van der Waals surface area contributed by atoms with Gasteiger partial charge in [-0.3, -0.25) is 9.48 Å². The number of carbonyl (C=O) groups is 1. The van der Waals surface area contributed by atoms with Gasteiger partial charge in [-0.15, -0.1) is 0 Å². The van der Waals surface area contributed by atoms with Gasteiger partial charge < -0.3 is 4.90 Å². The standard InChI is InChI=1S/C17H20FN3O3S/c1-12(13-4-3-5-15(18)8-13)17(22)21-6-7-25(23,24)11-16(21)14-9-19-20(2)10-14/h3-5,8-10,12,16H,6-7,11H2,1-2H3/t12-,16-/m0/s1. The fourth-order valence-electron chi connectivity index (χ4n) is 3.13. The molecular formula is C17H20FN3O3S. The molecule has 0 radical (unpaired) electrons. The molecule has 0 aliphatic carbocycles. The Labute approximate surface area is 146 Å². The molecule has 2 aromatic rings. The van der Waals surface area contributed by atoms with Gasteiger partial charge in [0.05, 0.1) is 29.7 Å². The molecule has 1 aliphatic rings. The van der Waals surface area contributed by atoms with Crippen LogP contribution in [0.25, 0.3) is 0 Å². The van der Waals surface area contributed by atoms with Gasteiger partial charge in [-0.05, 0) is 24.6 Å². The highest BCUT2D eigenvalue weighted by atomic mass is 32.2. The number of aryl methyl sites for hydroxylation is 1. The second-order valence-electron chi connectivity index (χ2n) is 6.39. The predicted molar refractivity (Wildman–Crippen MR) is 91.1 cm³/mol. The molecule has 1 aliphatic heterocycles. The Bertz CT molecular complexity index is 894. The van der Waals surface area contributed by atoms with E-state index in [4.69, 9.17) is 0 Å². The summed E-state index contributed by atoms with van der Waals surface area (Å²) in [4.78, 5) is 14.6. The quantitative estimate of drug-likeness (QED) is 0.829. The molecule has 3 rings (SSSR count). The topological polar surface area (TPSA) is 72.3 Å². The van der Waals surface area contributed by atoms with Crippen LogP contribution in [0.1, 0.15) is 30.0 Å². The molecule has 0 bridgehead atoms. The summed E-state index contributed by atoms with van der Waals surface area (Å²) in [6, 6.07) is 5.35. The van der Waals surface area contributed by atoms with E-state index in [1.165, 1.54) is 12.1 Å². The van der Waals surface area contributed by atoms with Crippen molar-refractivity contribution in [3.8, 4) is 0 Å². The highest BCUT2D eigenvalue weighted by Gasteiger charge is 2.37. The van der Waals surface area contributed by atoms with Crippen LogP contribution in [0, 0.1) is 5.82 Å². The Balaban J connectivity index is 1.91. The largest absolute Gasteiger partial charge is 0.333 e. The molecule has 0 unspecified atom stereocenters. The number of benzene rings is 1. The summed E-state index contributed by atoms with van der Waals surface area (Å²) in [5.74, 6) is -1.36. The predicted octanol–water partition coefficient (Wildman–Crippen LogP) is 1.66. The number of hydrogen-bond donors (Lipinski definition) is 0. The highest BCUT2D eigenvalue weighted by molar-refractivity contribution is 7.91. The molecule has 2 heterocycles. The van der Waals surface area contributed by atoms with Crippen LogP contribution >= 0.6 is 0 Å². The third-order valence-electron chi connectivity index (χ3n) is 4.54. The van der Waals surface area contributed by atoms with Crippen LogP contribution in [0.3, 0.4) is 0 Å². The van der Waals surface area contributed by atoms with Crippen molar-refractivity contribution in [1.29, 1.82) is 0 Å². The molecule has 1 aromatic carbocycles. The number of aromatic nitrogens is 2. The van der Waals surface area contributed by atoms with E-state index in [1.54, 1.807) is 48.1 Å². The van der Waals surface area contributed by atoms with Crippen LogP contribution in [0.4, 0.5) is 4.39 Å². The molecular weight excluding hydrogens is 345 g/mol. The van der Waals surface area contributed by atoms with Crippen LogP contribution in [-0.2, 0) is 21.7 Å². The zero-order valence-corrected chi connectivity index (χ0v) is 14.9. The van der Waals surface area contributed by atoms with Crippen LogP contribution in [0.5, 0.6) is 0 Å².